The lowest BCUT2D eigenvalue weighted by molar-refractivity contribution is 0.0712. The number of carbonyl (C=O) groups excluding carboxylic acids is 1. The van der Waals surface area contributed by atoms with Crippen molar-refractivity contribution in [2.75, 3.05) is 18.0 Å². The Balaban J connectivity index is 0.000000636. The number of aromatic nitrogens is 2. The van der Waals surface area contributed by atoms with Gasteiger partial charge in [0, 0.05) is 35.0 Å². The van der Waals surface area contributed by atoms with Crippen molar-refractivity contribution in [3.05, 3.63) is 28.4 Å². The van der Waals surface area contributed by atoms with Crippen LogP contribution in [-0.4, -0.2) is 51.1 Å². The Morgan fingerprint density at radius 1 is 1.48 bits per heavy atom. The summed E-state index contributed by atoms with van der Waals surface area (Å²) in [5.41, 5.74) is 1.43. The molecule has 7 heteroatoms. The predicted octanol–water partition coefficient (Wildman–Crippen LogP) is 2.56. The number of H-pyrrole nitrogens is 1. The third kappa shape index (κ3) is 2.70. The van der Waals surface area contributed by atoms with Crippen molar-refractivity contribution in [2.45, 2.75) is 18.5 Å². The van der Waals surface area contributed by atoms with Crippen LogP contribution >= 0.6 is 38.5 Å². The molecule has 1 aromatic carbocycles. The molecular weight excluding hydrogens is 447 g/mol. The molecule has 2 fully saturated rings. The van der Waals surface area contributed by atoms with Crippen LogP contribution in [0.4, 0.5) is 0 Å². The second-order valence-corrected chi connectivity index (χ2v) is 6.13. The molecule has 1 amide bonds. The van der Waals surface area contributed by atoms with Gasteiger partial charge in [-0.05, 0) is 29.6 Å². The maximum atomic E-state index is 12.6. The number of halogens is 2. The van der Waals surface area contributed by atoms with Gasteiger partial charge in [-0.25, -0.2) is 0 Å². The first-order chi connectivity index (χ1) is 10.2. The zero-order valence-corrected chi connectivity index (χ0v) is 15.3. The number of fused-ring (bicyclic) bond motifs is 3. The van der Waals surface area contributed by atoms with Crippen LogP contribution in [0.25, 0.3) is 10.9 Å². The first kappa shape index (κ1) is 15.2. The zero-order valence-electron chi connectivity index (χ0n) is 11.6. The summed E-state index contributed by atoms with van der Waals surface area (Å²) in [6.07, 6.45) is 1.07. The van der Waals surface area contributed by atoms with Crippen molar-refractivity contribution in [3.63, 3.8) is 0 Å². The minimum atomic E-state index is 0.0401. The number of rotatable bonds is 1. The molecule has 2 bridgehead atoms. The molecule has 2 atom stereocenters. The summed E-state index contributed by atoms with van der Waals surface area (Å²) in [5.74, 6) is 0.0401. The molecule has 0 unspecified atom stereocenters. The first-order valence-corrected chi connectivity index (χ1v) is 9.73. The Morgan fingerprint density at radius 2 is 2.29 bits per heavy atom. The molecule has 5 nitrogen and oxygen atoms in total. The molecule has 2 saturated heterocycles. The van der Waals surface area contributed by atoms with Crippen molar-refractivity contribution in [2.24, 2.45) is 0 Å². The second-order valence-electron chi connectivity index (χ2n) is 5.21. The number of hydrogen-bond donors (Lipinski definition) is 2. The van der Waals surface area contributed by atoms with E-state index in [4.69, 9.17) is 0 Å². The number of alkyl halides is 1. The van der Waals surface area contributed by atoms with E-state index in [9.17, 15) is 4.79 Å². The molecule has 2 aliphatic rings. The number of carbonyl (C=O) groups is 1. The van der Waals surface area contributed by atoms with Gasteiger partial charge in [-0.1, -0.05) is 38.5 Å². The van der Waals surface area contributed by atoms with Crippen LogP contribution in [0.5, 0.6) is 0 Å². The van der Waals surface area contributed by atoms with Gasteiger partial charge in [0.1, 0.15) is 0 Å². The van der Waals surface area contributed by atoms with E-state index in [0.29, 0.717) is 17.8 Å². The fraction of sp³-hybridized carbons (Fsp3) is 0.429. The fourth-order valence-corrected chi connectivity index (χ4v) is 3.46. The van der Waals surface area contributed by atoms with Gasteiger partial charge in [0.2, 0.25) is 0 Å². The molecule has 0 saturated carbocycles. The number of nitrogens with one attached hydrogen (secondary N) is 2. The third-order valence-corrected chi connectivity index (χ3v) is 4.54. The summed E-state index contributed by atoms with van der Waals surface area (Å²) < 4.78 is 0.958. The van der Waals surface area contributed by atoms with Gasteiger partial charge in [-0.3, -0.25) is 9.89 Å². The van der Waals surface area contributed by atoms with E-state index in [1.165, 1.54) is 0 Å². The average molecular weight is 463 g/mol. The van der Waals surface area contributed by atoms with Crippen LogP contribution in [0.2, 0.25) is 0 Å². The number of piperazine rings is 1. The topological polar surface area (TPSA) is 61.0 Å². The quantitative estimate of drug-likeness (QED) is 0.505. The lowest BCUT2D eigenvalue weighted by Gasteiger charge is -2.26. The van der Waals surface area contributed by atoms with E-state index in [1.54, 1.807) is 0 Å². The normalized spacial score (nSPS) is 23.3. The maximum Gasteiger partial charge on any atom is 0.275 e. The molecule has 112 valence electrons. The Kier molecular flexibility index (Phi) is 4.51. The number of nitrogens with zero attached hydrogens (tertiary/aromatic N) is 2. The molecule has 2 N–H and O–H groups in total. The number of aromatic amines is 1. The standard InChI is InChI=1S/C13H13BrN4O.CH3I/c14-7-1-2-11-10(3-7)12(17-16-11)13(19)18-6-8-4-9(18)5-15-8;1-2/h1-3,8-9,15H,4-6H2,(H,16,17);1H3/t8-,9-;/m0./s1. The summed E-state index contributed by atoms with van der Waals surface area (Å²) in [6.45, 7) is 1.70. The van der Waals surface area contributed by atoms with E-state index in [-0.39, 0.29) is 5.91 Å². The predicted molar refractivity (Wildman–Crippen MR) is 95.0 cm³/mol. The number of likely N-dealkylation sites (tertiary alicyclic amines) is 1. The van der Waals surface area contributed by atoms with Gasteiger partial charge in [-0.2, -0.15) is 5.10 Å². The molecule has 3 heterocycles. The Labute approximate surface area is 145 Å². The van der Waals surface area contributed by atoms with Crippen LogP contribution in [0, 0.1) is 0 Å². The highest BCUT2D eigenvalue weighted by molar-refractivity contribution is 14.1. The molecule has 2 aromatic rings. The summed E-state index contributed by atoms with van der Waals surface area (Å²) in [4.78, 5) is 16.5. The largest absolute Gasteiger partial charge is 0.331 e. The van der Waals surface area contributed by atoms with Crippen molar-refractivity contribution >= 4 is 55.3 Å². The van der Waals surface area contributed by atoms with E-state index in [0.717, 1.165) is 34.9 Å². The average Bonchev–Trinajstić information content (AvgIpc) is 3.23. The van der Waals surface area contributed by atoms with Crippen molar-refractivity contribution in [3.8, 4) is 0 Å². The van der Waals surface area contributed by atoms with Crippen LogP contribution in [0.15, 0.2) is 22.7 Å². The van der Waals surface area contributed by atoms with Crippen molar-refractivity contribution in [1.29, 1.82) is 0 Å². The maximum absolute atomic E-state index is 12.6. The Hall–Kier alpha value is -0.670. The van der Waals surface area contributed by atoms with E-state index in [2.05, 4.69) is 54.0 Å². The van der Waals surface area contributed by atoms with E-state index >= 15 is 0 Å². The van der Waals surface area contributed by atoms with Crippen LogP contribution in [0.3, 0.4) is 0 Å². The summed E-state index contributed by atoms with van der Waals surface area (Å²) in [6, 6.07) is 6.61. The molecule has 0 spiro atoms. The molecule has 21 heavy (non-hydrogen) atoms. The molecule has 1 aromatic heterocycles. The second kappa shape index (κ2) is 6.21. The van der Waals surface area contributed by atoms with Gasteiger partial charge in [0.05, 0.1) is 5.52 Å². The molecule has 0 aliphatic carbocycles. The number of amides is 1. The lowest BCUT2D eigenvalue weighted by Crippen LogP contribution is -2.46. The summed E-state index contributed by atoms with van der Waals surface area (Å²) in [5, 5.41) is 11.4. The van der Waals surface area contributed by atoms with Crippen LogP contribution in [0.1, 0.15) is 16.9 Å². The zero-order chi connectivity index (χ0) is 15.0. The Morgan fingerprint density at radius 3 is 2.95 bits per heavy atom. The number of hydrogen-bond acceptors (Lipinski definition) is 3. The minimum absolute atomic E-state index is 0.0401. The van der Waals surface area contributed by atoms with Gasteiger partial charge in [0.25, 0.3) is 5.91 Å². The molecule has 2 aliphatic heterocycles. The fourth-order valence-electron chi connectivity index (χ4n) is 3.09. The molecule has 0 radical (unpaired) electrons. The van der Waals surface area contributed by atoms with E-state index in [1.807, 2.05) is 28.0 Å². The number of benzene rings is 1. The monoisotopic (exact) mass is 462 g/mol. The summed E-state index contributed by atoms with van der Waals surface area (Å²) >= 11 is 5.59. The minimum Gasteiger partial charge on any atom is -0.331 e. The smallest absolute Gasteiger partial charge is 0.275 e. The van der Waals surface area contributed by atoms with Gasteiger partial charge >= 0.3 is 0 Å². The Bertz CT molecular complexity index is 674. The lowest BCUT2D eigenvalue weighted by atomic mass is 10.2. The van der Waals surface area contributed by atoms with Crippen LogP contribution < -0.4 is 5.32 Å². The van der Waals surface area contributed by atoms with E-state index < -0.39 is 0 Å². The summed E-state index contributed by atoms with van der Waals surface area (Å²) in [7, 11) is 0. The SMILES string of the molecule is CI.O=C(c1n[nH]c2ccc(Br)cc12)N1C[C@@H]2C[C@H]1CN2. The van der Waals surface area contributed by atoms with Crippen molar-refractivity contribution < 1.29 is 4.79 Å². The van der Waals surface area contributed by atoms with Gasteiger partial charge in [0.15, 0.2) is 5.69 Å². The van der Waals surface area contributed by atoms with Crippen molar-refractivity contribution in [1.82, 2.24) is 20.4 Å². The highest BCUT2D eigenvalue weighted by Crippen LogP contribution is 2.27. The highest BCUT2D eigenvalue weighted by atomic mass is 127. The molecular formula is C14H16BrIN4O. The molecule has 4 rings (SSSR count). The first-order valence-electron chi connectivity index (χ1n) is 6.78. The van der Waals surface area contributed by atoms with Gasteiger partial charge in [-0.15, -0.1) is 0 Å². The third-order valence-electron chi connectivity index (χ3n) is 4.04. The van der Waals surface area contributed by atoms with Crippen LogP contribution in [-0.2, 0) is 0 Å². The highest BCUT2D eigenvalue weighted by Gasteiger charge is 2.41. The van der Waals surface area contributed by atoms with Gasteiger partial charge < -0.3 is 10.2 Å².